The Bertz CT molecular complexity index is 1170. The van der Waals surface area contributed by atoms with Crippen LogP contribution in [0.1, 0.15) is 181 Å². The second kappa shape index (κ2) is 40.1. The Morgan fingerprint density at radius 2 is 0.966 bits per heavy atom. The van der Waals surface area contributed by atoms with Crippen LogP contribution in [-0.2, 0) is 32.7 Å². The highest BCUT2D eigenvalue weighted by atomic mass is 31.2. The van der Waals surface area contributed by atoms with E-state index < -0.39 is 32.5 Å². The Hall–Kier alpha value is -2.29. The van der Waals surface area contributed by atoms with Crippen LogP contribution < -0.4 is 4.89 Å². The van der Waals surface area contributed by atoms with Crippen LogP contribution >= 0.6 is 7.82 Å². The number of phosphoric ester groups is 1. The number of carbonyl (C=O) groups excluding carboxylic acids is 2. The van der Waals surface area contributed by atoms with E-state index in [1.54, 1.807) is 0 Å². The molecular weight excluding hydrogens is 750 g/mol. The molecule has 0 N–H and O–H groups in total. The summed E-state index contributed by atoms with van der Waals surface area (Å²) in [5.41, 5.74) is 0. The van der Waals surface area contributed by atoms with Crippen molar-refractivity contribution in [3.63, 3.8) is 0 Å². The summed E-state index contributed by atoms with van der Waals surface area (Å²) in [5, 5.41) is 0. The number of nitrogens with zero attached hydrogens (tertiary/aromatic N) is 1. The zero-order valence-corrected chi connectivity index (χ0v) is 38.6. The van der Waals surface area contributed by atoms with Crippen molar-refractivity contribution in [2.45, 2.75) is 187 Å². The van der Waals surface area contributed by atoms with Gasteiger partial charge in [-0.2, -0.15) is 0 Å². The topological polar surface area (TPSA) is 111 Å². The van der Waals surface area contributed by atoms with E-state index in [4.69, 9.17) is 18.5 Å². The van der Waals surface area contributed by atoms with Crippen LogP contribution in [-0.4, -0.2) is 70.0 Å². The molecule has 0 aromatic rings. The molecule has 0 amide bonds. The van der Waals surface area contributed by atoms with Gasteiger partial charge in [0.15, 0.2) is 6.10 Å². The van der Waals surface area contributed by atoms with Gasteiger partial charge in [0, 0.05) is 12.8 Å². The fourth-order valence-electron chi connectivity index (χ4n) is 5.87. The van der Waals surface area contributed by atoms with E-state index >= 15 is 0 Å². The molecule has 336 valence electrons. The van der Waals surface area contributed by atoms with Crippen LogP contribution in [0.2, 0.25) is 0 Å². The van der Waals surface area contributed by atoms with Crippen LogP contribution in [0.15, 0.2) is 60.8 Å². The Balaban J connectivity index is 4.40. The highest BCUT2D eigenvalue weighted by Crippen LogP contribution is 2.38. The van der Waals surface area contributed by atoms with E-state index in [-0.39, 0.29) is 26.1 Å². The first-order valence-corrected chi connectivity index (χ1v) is 24.5. The molecule has 0 bridgehead atoms. The van der Waals surface area contributed by atoms with Crippen LogP contribution in [0, 0.1) is 0 Å². The maximum atomic E-state index is 12.7. The van der Waals surface area contributed by atoms with Crippen molar-refractivity contribution < 1.29 is 42.1 Å². The second-order valence-corrected chi connectivity index (χ2v) is 17.8. The Kier molecular flexibility index (Phi) is 38.5. The lowest BCUT2D eigenvalue weighted by Gasteiger charge is -2.28. The van der Waals surface area contributed by atoms with Crippen molar-refractivity contribution in [2.24, 2.45) is 0 Å². The lowest BCUT2D eigenvalue weighted by molar-refractivity contribution is -0.870. The molecular formula is C48H86NO8P. The summed E-state index contributed by atoms with van der Waals surface area (Å²) in [4.78, 5) is 37.6. The summed E-state index contributed by atoms with van der Waals surface area (Å²) >= 11 is 0. The molecule has 0 rings (SSSR count). The minimum Gasteiger partial charge on any atom is -0.756 e. The maximum absolute atomic E-state index is 12.7. The summed E-state index contributed by atoms with van der Waals surface area (Å²) < 4.78 is 33.9. The van der Waals surface area contributed by atoms with Gasteiger partial charge in [0.1, 0.15) is 19.8 Å². The summed E-state index contributed by atoms with van der Waals surface area (Å²) in [6.45, 7) is 4.10. The van der Waals surface area contributed by atoms with Gasteiger partial charge in [-0.05, 0) is 77.0 Å². The van der Waals surface area contributed by atoms with Gasteiger partial charge in [-0.15, -0.1) is 0 Å². The van der Waals surface area contributed by atoms with Crippen molar-refractivity contribution in [1.82, 2.24) is 0 Å². The fraction of sp³-hybridized carbons (Fsp3) is 0.750. The number of rotatable bonds is 41. The number of hydrogen-bond donors (Lipinski definition) is 0. The molecule has 0 aliphatic heterocycles. The number of esters is 2. The Labute approximate surface area is 356 Å². The zero-order chi connectivity index (χ0) is 42.8. The SMILES string of the molecule is CCC/C=C/C/C=C/C/C=C/C/C=C/CCCCCC(=O)O[C@H](COC(=O)CCCCCCCCCCC/C=C/CCCCCC)COP(=O)([O-])OCC[N+](C)(C)C. The Morgan fingerprint density at radius 3 is 1.48 bits per heavy atom. The van der Waals surface area contributed by atoms with Gasteiger partial charge in [-0.1, -0.05) is 152 Å². The largest absolute Gasteiger partial charge is 0.756 e. The maximum Gasteiger partial charge on any atom is 0.306 e. The summed E-state index contributed by atoms with van der Waals surface area (Å²) in [7, 11) is 1.14. The van der Waals surface area contributed by atoms with Crippen molar-refractivity contribution in [2.75, 3.05) is 47.5 Å². The molecule has 0 fully saturated rings. The minimum absolute atomic E-state index is 0.0398. The number of unbranched alkanes of at least 4 members (excludes halogenated alkanes) is 17. The van der Waals surface area contributed by atoms with Crippen molar-refractivity contribution in [3.8, 4) is 0 Å². The lowest BCUT2D eigenvalue weighted by Crippen LogP contribution is -2.37. The van der Waals surface area contributed by atoms with Crippen LogP contribution in [0.25, 0.3) is 0 Å². The molecule has 0 aliphatic rings. The third-order valence-corrected chi connectivity index (χ3v) is 10.5. The molecule has 0 spiro atoms. The van der Waals surface area contributed by atoms with Crippen LogP contribution in [0.3, 0.4) is 0 Å². The number of likely N-dealkylation sites (N-methyl/N-ethyl adjacent to an activating group) is 1. The number of quaternary nitrogens is 1. The number of hydrogen-bond acceptors (Lipinski definition) is 8. The third-order valence-electron chi connectivity index (χ3n) is 9.49. The monoisotopic (exact) mass is 836 g/mol. The van der Waals surface area contributed by atoms with Crippen molar-refractivity contribution in [1.29, 1.82) is 0 Å². The van der Waals surface area contributed by atoms with Crippen LogP contribution in [0.4, 0.5) is 0 Å². The lowest BCUT2D eigenvalue weighted by atomic mass is 10.1. The van der Waals surface area contributed by atoms with Gasteiger partial charge in [0.2, 0.25) is 0 Å². The number of phosphoric acid groups is 1. The average Bonchev–Trinajstić information content (AvgIpc) is 3.17. The van der Waals surface area contributed by atoms with E-state index in [0.717, 1.165) is 64.2 Å². The molecule has 0 aromatic carbocycles. The molecule has 0 saturated carbocycles. The molecule has 10 heteroatoms. The zero-order valence-electron chi connectivity index (χ0n) is 37.7. The summed E-state index contributed by atoms with van der Waals surface area (Å²) in [6.07, 6.45) is 48.1. The fourth-order valence-corrected chi connectivity index (χ4v) is 6.60. The first kappa shape index (κ1) is 55.7. The molecule has 0 radical (unpaired) electrons. The van der Waals surface area contributed by atoms with E-state index in [2.05, 4.69) is 74.6 Å². The first-order valence-electron chi connectivity index (χ1n) is 23.0. The average molecular weight is 836 g/mol. The summed E-state index contributed by atoms with van der Waals surface area (Å²) in [6, 6.07) is 0. The second-order valence-electron chi connectivity index (χ2n) is 16.4. The van der Waals surface area contributed by atoms with Crippen molar-refractivity contribution in [3.05, 3.63) is 60.8 Å². The predicted octanol–water partition coefficient (Wildman–Crippen LogP) is 12.6. The van der Waals surface area contributed by atoms with E-state index in [1.807, 2.05) is 21.1 Å². The molecule has 1 unspecified atom stereocenters. The van der Waals surface area contributed by atoms with Gasteiger partial charge in [0.25, 0.3) is 7.82 Å². The molecule has 9 nitrogen and oxygen atoms in total. The molecule has 0 aromatic heterocycles. The quantitative estimate of drug-likeness (QED) is 0.0197. The highest BCUT2D eigenvalue weighted by molar-refractivity contribution is 7.45. The normalized spacial score (nSPS) is 14.1. The summed E-state index contributed by atoms with van der Waals surface area (Å²) in [5.74, 6) is -0.875. The molecule has 2 atom stereocenters. The van der Waals surface area contributed by atoms with Gasteiger partial charge < -0.3 is 27.9 Å². The number of ether oxygens (including phenoxy) is 2. The van der Waals surface area contributed by atoms with Gasteiger partial charge in [0.05, 0.1) is 27.7 Å². The van der Waals surface area contributed by atoms with E-state index in [0.29, 0.717) is 17.4 Å². The number of allylic oxidation sites excluding steroid dienone is 10. The standard InChI is InChI=1S/C48H86NO8P/c1-6-8-10-12-14-16-18-20-22-24-26-28-30-32-34-36-38-40-47(50)54-44-46(45-56-58(52,53)55-43-42-49(3,4)5)57-48(51)41-39-37-35-33-31-29-27-25-23-21-19-17-15-13-11-9-7-2/h11,13,16-19,23,25,29,31,46H,6-10,12,14-15,20-22,24,26-28,30,32-45H2,1-5H3/b13-11+,18-16+,19-17+,25-23+,31-29+/t46-/m1/s1. The predicted molar refractivity (Wildman–Crippen MR) is 240 cm³/mol. The van der Waals surface area contributed by atoms with Crippen LogP contribution in [0.5, 0.6) is 0 Å². The Morgan fingerprint density at radius 1 is 0.534 bits per heavy atom. The van der Waals surface area contributed by atoms with Gasteiger partial charge in [-0.3, -0.25) is 14.2 Å². The minimum atomic E-state index is -4.64. The van der Waals surface area contributed by atoms with E-state index in [9.17, 15) is 19.0 Å². The molecule has 0 aliphatic carbocycles. The third kappa shape index (κ3) is 43.3. The first-order chi connectivity index (χ1) is 28.0. The van der Waals surface area contributed by atoms with Crippen molar-refractivity contribution >= 4 is 19.8 Å². The van der Waals surface area contributed by atoms with E-state index in [1.165, 1.54) is 83.5 Å². The van der Waals surface area contributed by atoms with Gasteiger partial charge >= 0.3 is 11.9 Å². The van der Waals surface area contributed by atoms with Gasteiger partial charge in [-0.25, -0.2) is 0 Å². The smallest absolute Gasteiger partial charge is 0.306 e. The molecule has 58 heavy (non-hydrogen) atoms. The molecule has 0 saturated heterocycles. The molecule has 0 heterocycles. The highest BCUT2D eigenvalue weighted by Gasteiger charge is 2.21. The number of carbonyl (C=O) groups is 2.